The van der Waals surface area contributed by atoms with Crippen LogP contribution < -0.4 is 101 Å². The highest BCUT2D eigenvalue weighted by Gasteiger charge is 2.00. The van der Waals surface area contributed by atoms with Gasteiger partial charge in [0.2, 0.25) is 0 Å². The highest BCUT2D eigenvalue weighted by Crippen LogP contribution is 2.09. The van der Waals surface area contributed by atoms with E-state index in [-0.39, 0.29) is 70.3 Å². The molecule has 0 saturated heterocycles. The van der Waals surface area contributed by atoms with Gasteiger partial charge in [0.05, 0.1) is 60.7 Å². The maximum atomic E-state index is 10.2. The van der Waals surface area contributed by atoms with Crippen LogP contribution in [0.2, 0.25) is 0 Å². The molecule has 0 spiro atoms. The summed E-state index contributed by atoms with van der Waals surface area (Å²) >= 11 is 0. The first-order valence-electron chi connectivity index (χ1n) is 20.4. The minimum atomic E-state index is -4.11. The average Bonchev–Trinajstić information content (AvgIpc) is 3.08. The van der Waals surface area contributed by atoms with Gasteiger partial charge in [0, 0.05) is 34.5 Å². The summed E-state index contributed by atoms with van der Waals surface area (Å²) < 4.78 is 184. The number of hydrogen-bond donors (Lipinski definition) is 18. The predicted octanol–water partition coefficient (Wildman–Crippen LogP) is -16.6. The average molecular weight is 1180 g/mol. The van der Waals surface area contributed by atoms with Gasteiger partial charge in [0.1, 0.15) is 0 Å². The summed E-state index contributed by atoms with van der Waals surface area (Å²) in [5, 5.41) is 27.5. The van der Waals surface area contributed by atoms with Gasteiger partial charge in [-0.1, -0.05) is 77.0 Å². The van der Waals surface area contributed by atoms with Crippen molar-refractivity contribution in [2.45, 2.75) is 116 Å². The zero-order chi connectivity index (χ0) is 59.4. The fraction of sp³-hybridized carbons (Fsp3) is 0.800. The van der Waals surface area contributed by atoms with E-state index in [0.29, 0.717) is 77.0 Å². The molecule has 0 fully saturated rings. The molecule has 72 heavy (non-hydrogen) atoms. The van der Waals surface area contributed by atoms with Crippen molar-refractivity contribution in [1.29, 1.82) is 0 Å². The predicted molar refractivity (Wildman–Crippen MR) is 262 cm³/mol. The molecule has 36 N–H and O–H groups in total. The Morgan fingerprint density at radius 2 is 0.264 bits per heavy atom. The maximum absolute atomic E-state index is 10.2. The fourth-order valence-electron chi connectivity index (χ4n) is 3.79. The van der Waals surface area contributed by atoms with Crippen molar-refractivity contribution < 1.29 is 110 Å². The molecular formula is C30H84N18O18S6. The van der Waals surface area contributed by atoms with E-state index in [4.69, 9.17) is 0 Å². The summed E-state index contributed by atoms with van der Waals surface area (Å²) in [6.45, 7) is 0. The monoisotopic (exact) mass is 1180 g/mol. The maximum Gasteiger partial charge on any atom is 0.336 e. The Morgan fingerprint density at radius 1 is 0.208 bits per heavy atom. The van der Waals surface area contributed by atoms with Gasteiger partial charge in [-0.05, 0) is 38.5 Å². The van der Waals surface area contributed by atoms with Crippen LogP contribution in [0.3, 0.4) is 0 Å². The second-order valence-electron chi connectivity index (χ2n) is 13.9. The van der Waals surface area contributed by atoms with Crippen molar-refractivity contribution >= 4 is 96.5 Å². The Labute approximate surface area is 423 Å². The van der Waals surface area contributed by atoms with Crippen LogP contribution in [0.15, 0.2) is 0 Å². The Balaban J connectivity index is -0.0000000961. The molecule has 0 unspecified atom stereocenters. The Morgan fingerprint density at radius 3 is 0.319 bits per heavy atom. The minimum absolute atomic E-state index is 0.0833. The van der Waals surface area contributed by atoms with Crippen LogP contribution in [0.25, 0.3) is 0 Å². The smallest absolute Gasteiger partial charge is 0.336 e. The Bertz CT molecular complexity index is 1710. The van der Waals surface area contributed by atoms with E-state index < -0.39 is 60.7 Å². The molecular weight excluding hydrogens is 1090 g/mol. The van der Waals surface area contributed by atoms with Crippen LogP contribution in [0.1, 0.15) is 116 Å². The molecule has 0 aliphatic carbocycles. The largest absolute Gasteiger partial charge is 0.748 e. The van der Waals surface area contributed by atoms with Crippen LogP contribution in [0.5, 0.6) is 0 Å². The minimum Gasteiger partial charge on any atom is -0.748 e. The van der Waals surface area contributed by atoms with E-state index in [1.165, 1.54) is 0 Å². The van der Waals surface area contributed by atoms with Gasteiger partial charge in [0.15, 0.2) is 0 Å². The lowest BCUT2D eigenvalue weighted by Gasteiger charge is -2.07. The van der Waals surface area contributed by atoms with Crippen molar-refractivity contribution in [1.82, 2.24) is 0 Å². The van der Waals surface area contributed by atoms with Crippen LogP contribution in [-0.2, 0) is 60.7 Å². The van der Waals surface area contributed by atoms with Crippen LogP contribution in [-0.4, -0.2) is 148 Å². The summed E-state index contributed by atoms with van der Waals surface area (Å²) in [5.41, 5.74) is 55.0. The summed E-state index contributed by atoms with van der Waals surface area (Å²) in [6, 6.07) is 0. The van der Waals surface area contributed by atoms with Gasteiger partial charge in [0.25, 0.3) is 0 Å². The van der Waals surface area contributed by atoms with Gasteiger partial charge in [-0.3, -0.25) is 101 Å². The molecule has 0 bridgehead atoms. The van der Waals surface area contributed by atoms with Crippen molar-refractivity contribution in [2.24, 2.45) is 68.8 Å². The van der Waals surface area contributed by atoms with Gasteiger partial charge >= 0.3 is 35.8 Å². The van der Waals surface area contributed by atoms with Crippen molar-refractivity contribution in [3.05, 3.63) is 0 Å². The third-order valence-electron chi connectivity index (χ3n) is 6.12. The van der Waals surface area contributed by atoms with Crippen molar-refractivity contribution in [3.8, 4) is 0 Å². The fourth-order valence-corrected chi connectivity index (χ4v) is 7.14. The van der Waals surface area contributed by atoms with Gasteiger partial charge in [-0.25, -0.2) is 50.5 Å². The summed E-state index contributed by atoms with van der Waals surface area (Å²) in [4.78, 5) is 0. The molecule has 0 aromatic rings. The lowest BCUT2D eigenvalue weighted by molar-refractivity contribution is -0.117. The van der Waals surface area contributed by atoms with Crippen LogP contribution in [0, 0.1) is 0 Å². The molecule has 438 valence electrons. The molecule has 0 heterocycles. The normalized spacial score (nSPS) is 10.6. The summed E-state index contributed by atoms with van der Waals surface area (Å²) in [7, 11) is -24.7. The number of rotatable bonds is 27. The Hall–Kier alpha value is -4.92. The second-order valence-corrected chi connectivity index (χ2v) is 23.1. The third kappa shape index (κ3) is 230. The summed E-state index contributed by atoms with van der Waals surface area (Å²) in [6.07, 6.45) is 10.3. The van der Waals surface area contributed by atoms with Crippen molar-refractivity contribution in [2.75, 3.05) is 34.5 Å². The number of unbranched alkanes of at least 4 members (excludes halogenated alkanes) is 15. The van der Waals surface area contributed by atoms with Crippen LogP contribution >= 0.6 is 0 Å². The molecule has 0 rings (SSSR count). The molecule has 0 aromatic carbocycles. The van der Waals surface area contributed by atoms with E-state index in [0.717, 1.165) is 38.5 Å². The molecule has 36 nitrogen and oxygen atoms in total. The zero-order valence-corrected chi connectivity index (χ0v) is 45.1. The SMILES string of the molecule is NC(N)=[NH2+].NC(N)=[NH2+].NC(N)=[NH2+].NC(N)=[NH2+].NC(N)=[NH2+].NC(N)=[NH2+].O=S(=O)([O-])CCCCCCCCS(=O)(=O)[O-].O=S(=O)([O-])CCCCCCCCS(=O)(=O)[O-].O=S(=O)([O-])CCCCCCCCS(=O)(=O)[O-]. The standard InChI is InChI=1S/3C8H18O6S2.6CH5N3/c3*9-15(10,11)7-5-3-1-2-4-6-8-16(12,13)14;6*2-1(3)4/h3*1-8H2,(H,9,10,11)(H,12,13,14);6*(H5,2,3,4). The molecule has 0 aliphatic rings. The molecule has 0 atom stereocenters. The van der Waals surface area contributed by atoms with Crippen molar-refractivity contribution in [3.63, 3.8) is 0 Å². The lowest BCUT2D eigenvalue weighted by Crippen LogP contribution is -2.51. The highest BCUT2D eigenvalue weighted by molar-refractivity contribution is 7.86. The van der Waals surface area contributed by atoms with Gasteiger partial charge in [-0.2, -0.15) is 0 Å². The molecule has 0 aromatic heterocycles. The summed E-state index contributed by atoms with van der Waals surface area (Å²) in [5.74, 6) is -2.57. The quantitative estimate of drug-likeness (QED) is 0.0157. The van der Waals surface area contributed by atoms with Gasteiger partial charge in [-0.15, -0.1) is 0 Å². The molecule has 0 amide bonds. The number of hydrogen-bond acceptors (Lipinski definition) is 18. The lowest BCUT2D eigenvalue weighted by atomic mass is 10.1. The topological polar surface area (TPSA) is 809 Å². The second kappa shape index (κ2) is 52.4. The zero-order valence-electron chi connectivity index (χ0n) is 40.2. The first kappa shape index (κ1) is 86.8. The molecule has 0 aliphatic heterocycles. The number of nitrogens with two attached hydrogens (primary N) is 18. The van der Waals surface area contributed by atoms with Gasteiger partial charge < -0.3 is 27.3 Å². The molecule has 42 heteroatoms. The van der Waals surface area contributed by atoms with E-state index >= 15 is 0 Å². The molecule has 0 saturated carbocycles. The first-order valence-corrected chi connectivity index (χ1v) is 29.9. The molecule has 0 radical (unpaired) electrons. The third-order valence-corrected chi connectivity index (χ3v) is 10.8. The highest BCUT2D eigenvalue weighted by atomic mass is 32.2. The van der Waals surface area contributed by atoms with Crippen LogP contribution in [0.4, 0.5) is 0 Å². The van der Waals surface area contributed by atoms with E-state index in [1.54, 1.807) is 0 Å². The Kier molecular flexibility index (Phi) is 63.2. The van der Waals surface area contributed by atoms with E-state index in [9.17, 15) is 77.8 Å². The van der Waals surface area contributed by atoms with E-state index in [2.05, 4.69) is 101 Å². The van der Waals surface area contributed by atoms with E-state index in [1.807, 2.05) is 0 Å². The number of guanidine groups is 6. The first-order chi connectivity index (χ1) is 32.0.